The van der Waals surface area contributed by atoms with Gasteiger partial charge in [-0.2, -0.15) is 0 Å². The van der Waals surface area contributed by atoms with Gasteiger partial charge >= 0.3 is 0 Å². The van der Waals surface area contributed by atoms with Crippen LogP contribution in [0.4, 0.5) is 11.4 Å². The standard InChI is InChI=1S/C22H20N2O3/c1-16(25)17-8-7-9-18(14-17)23-15-22(26)24-20-12-5-6-13-21(20)27-19-10-3-2-4-11-19/h2-14,23H,15H2,1H3,(H,24,26). The number of benzene rings is 3. The summed E-state index contributed by atoms with van der Waals surface area (Å²) in [5.41, 5.74) is 1.90. The molecule has 0 saturated carbocycles. The third-order valence-corrected chi connectivity index (χ3v) is 3.85. The topological polar surface area (TPSA) is 67.4 Å². The molecular weight excluding hydrogens is 340 g/mol. The molecule has 0 atom stereocenters. The Morgan fingerprint density at radius 2 is 1.63 bits per heavy atom. The Kier molecular flexibility index (Phi) is 5.84. The average molecular weight is 360 g/mol. The molecule has 3 aromatic carbocycles. The maximum atomic E-state index is 12.3. The quantitative estimate of drug-likeness (QED) is 0.598. The van der Waals surface area contributed by atoms with Gasteiger partial charge in [-0.05, 0) is 43.3 Å². The number of hydrogen-bond donors (Lipinski definition) is 2. The van der Waals surface area contributed by atoms with E-state index in [0.717, 1.165) is 0 Å². The van der Waals surface area contributed by atoms with E-state index in [1.807, 2.05) is 48.5 Å². The third kappa shape index (κ3) is 5.19. The van der Waals surface area contributed by atoms with E-state index in [4.69, 9.17) is 4.74 Å². The molecule has 5 heteroatoms. The lowest BCUT2D eigenvalue weighted by atomic mass is 10.1. The maximum Gasteiger partial charge on any atom is 0.243 e. The highest BCUT2D eigenvalue weighted by Gasteiger charge is 2.09. The number of ketones is 1. The average Bonchev–Trinajstić information content (AvgIpc) is 2.69. The number of nitrogens with one attached hydrogen (secondary N) is 2. The number of amides is 1. The second-order valence-electron chi connectivity index (χ2n) is 5.95. The molecule has 0 aliphatic rings. The summed E-state index contributed by atoms with van der Waals surface area (Å²) in [4.78, 5) is 23.8. The summed E-state index contributed by atoms with van der Waals surface area (Å²) in [5.74, 6) is 1.02. The van der Waals surface area contributed by atoms with Crippen LogP contribution in [0.5, 0.6) is 11.5 Å². The Balaban J connectivity index is 1.63. The van der Waals surface area contributed by atoms with Gasteiger partial charge in [0.05, 0.1) is 12.2 Å². The van der Waals surface area contributed by atoms with Crippen molar-refractivity contribution in [3.05, 3.63) is 84.4 Å². The molecule has 0 bridgehead atoms. The van der Waals surface area contributed by atoms with Gasteiger partial charge in [0.2, 0.25) is 5.91 Å². The number of ether oxygens (including phenoxy) is 1. The van der Waals surface area contributed by atoms with Crippen molar-refractivity contribution in [3.8, 4) is 11.5 Å². The first kappa shape index (κ1) is 18.2. The van der Waals surface area contributed by atoms with Crippen molar-refractivity contribution in [1.82, 2.24) is 0 Å². The summed E-state index contributed by atoms with van der Waals surface area (Å²) in [5, 5.41) is 5.87. The molecule has 3 aromatic rings. The van der Waals surface area contributed by atoms with E-state index in [9.17, 15) is 9.59 Å². The summed E-state index contributed by atoms with van der Waals surface area (Å²) in [6.07, 6.45) is 0. The predicted octanol–water partition coefficient (Wildman–Crippen LogP) is 4.73. The van der Waals surface area contributed by atoms with Crippen LogP contribution in [-0.4, -0.2) is 18.2 Å². The second-order valence-corrected chi connectivity index (χ2v) is 5.95. The van der Waals surface area contributed by atoms with Gasteiger partial charge < -0.3 is 15.4 Å². The number of anilines is 2. The predicted molar refractivity (Wildman–Crippen MR) is 107 cm³/mol. The van der Waals surface area contributed by atoms with Crippen molar-refractivity contribution in [2.45, 2.75) is 6.92 Å². The Labute approximate surface area is 158 Å². The Morgan fingerprint density at radius 3 is 2.41 bits per heavy atom. The largest absolute Gasteiger partial charge is 0.455 e. The summed E-state index contributed by atoms with van der Waals surface area (Å²) in [6, 6.07) is 23.7. The molecule has 0 unspecified atom stereocenters. The number of para-hydroxylation sites is 3. The smallest absolute Gasteiger partial charge is 0.243 e. The lowest BCUT2D eigenvalue weighted by Gasteiger charge is -2.13. The van der Waals surface area contributed by atoms with Crippen molar-refractivity contribution in [2.75, 3.05) is 17.2 Å². The van der Waals surface area contributed by atoms with Gasteiger partial charge in [-0.15, -0.1) is 0 Å². The Hall–Kier alpha value is -3.60. The van der Waals surface area contributed by atoms with Crippen LogP contribution in [0.15, 0.2) is 78.9 Å². The molecule has 0 aliphatic carbocycles. The highest BCUT2D eigenvalue weighted by molar-refractivity contribution is 5.96. The minimum atomic E-state index is -0.215. The monoisotopic (exact) mass is 360 g/mol. The third-order valence-electron chi connectivity index (χ3n) is 3.85. The van der Waals surface area contributed by atoms with Crippen LogP contribution in [0.2, 0.25) is 0 Å². The second kappa shape index (κ2) is 8.67. The van der Waals surface area contributed by atoms with E-state index in [2.05, 4.69) is 10.6 Å². The number of Topliss-reactive ketones (excluding diaryl/α,β-unsaturated/α-hetero) is 1. The normalized spacial score (nSPS) is 10.1. The van der Waals surface area contributed by atoms with Crippen molar-refractivity contribution >= 4 is 23.1 Å². The zero-order valence-corrected chi connectivity index (χ0v) is 14.9. The van der Waals surface area contributed by atoms with E-state index in [1.54, 1.807) is 30.3 Å². The fourth-order valence-corrected chi connectivity index (χ4v) is 2.50. The van der Waals surface area contributed by atoms with Crippen LogP contribution in [-0.2, 0) is 4.79 Å². The maximum absolute atomic E-state index is 12.3. The van der Waals surface area contributed by atoms with Crippen LogP contribution in [0, 0.1) is 0 Å². The van der Waals surface area contributed by atoms with Crippen molar-refractivity contribution < 1.29 is 14.3 Å². The van der Waals surface area contributed by atoms with E-state index in [0.29, 0.717) is 28.4 Å². The van der Waals surface area contributed by atoms with Gasteiger partial charge in [0.1, 0.15) is 5.75 Å². The first-order valence-electron chi connectivity index (χ1n) is 8.58. The zero-order chi connectivity index (χ0) is 19.1. The molecule has 0 aromatic heterocycles. The van der Waals surface area contributed by atoms with Crippen LogP contribution in [0.3, 0.4) is 0 Å². The van der Waals surface area contributed by atoms with E-state index >= 15 is 0 Å². The fraction of sp³-hybridized carbons (Fsp3) is 0.0909. The van der Waals surface area contributed by atoms with Gasteiger partial charge in [-0.1, -0.05) is 42.5 Å². The molecule has 0 saturated heterocycles. The fourth-order valence-electron chi connectivity index (χ4n) is 2.50. The van der Waals surface area contributed by atoms with E-state index < -0.39 is 0 Å². The van der Waals surface area contributed by atoms with Crippen LogP contribution in [0.1, 0.15) is 17.3 Å². The van der Waals surface area contributed by atoms with Gasteiger partial charge in [0.25, 0.3) is 0 Å². The molecule has 1 amide bonds. The van der Waals surface area contributed by atoms with Gasteiger partial charge in [0, 0.05) is 11.3 Å². The molecule has 0 spiro atoms. The molecule has 0 heterocycles. The van der Waals surface area contributed by atoms with Crippen molar-refractivity contribution in [3.63, 3.8) is 0 Å². The first-order chi connectivity index (χ1) is 13.1. The molecule has 3 rings (SSSR count). The molecule has 27 heavy (non-hydrogen) atoms. The number of carbonyl (C=O) groups is 2. The number of rotatable bonds is 7. The molecule has 0 aliphatic heterocycles. The van der Waals surface area contributed by atoms with Gasteiger partial charge in [0.15, 0.2) is 11.5 Å². The zero-order valence-electron chi connectivity index (χ0n) is 14.9. The highest BCUT2D eigenvalue weighted by Crippen LogP contribution is 2.29. The Bertz CT molecular complexity index is 939. The van der Waals surface area contributed by atoms with Gasteiger partial charge in [-0.3, -0.25) is 9.59 Å². The molecule has 5 nitrogen and oxygen atoms in total. The first-order valence-corrected chi connectivity index (χ1v) is 8.58. The Morgan fingerprint density at radius 1 is 0.889 bits per heavy atom. The highest BCUT2D eigenvalue weighted by atomic mass is 16.5. The van der Waals surface area contributed by atoms with Crippen LogP contribution < -0.4 is 15.4 Å². The lowest BCUT2D eigenvalue weighted by molar-refractivity contribution is -0.114. The summed E-state index contributed by atoms with van der Waals surface area (Å²) in [7, 11) is 0. The molecule has 2 N–H and O–H groups in total. The summed E-state index contributed by atoms with van der Waals surface area (Å²) < 4.78 is 5.84. The minimum absolute atomic E-state index is 0.0184. The van der Waals surface area contributed by atoms with E-state index in [-0.39, 0.29) is 18.2 Å². The summed E-state index contributed by atoms with van der Waals surface area (Å²) >= 11 is 0. The van der Waals surface area contributed by atoms with Crippen LogP contribution >= 0.6 is 0 Å². The summed E-state index contributed by atoms with van der Waals surface area (Å²) in [6.45, 7) is 1.58. The van der Waals surface area contributed by atoms with Crippen molar-refractivity contribution in [2.24, 2.45) is 0 Å². The minimum Gasteiger partial charge on any atom is -0.455 e. The van der Waals surface area contributed by atoms with Gasteiger partial charge in [-0.25, -0.2) is 0 Å². The number of carbonyl (C=O) groups excluding carboxylic acids is 2. The van der Waals surface area contributed by atoms with Crippen molar-refractivity contribution in [1.29, 1.82) is 0 Å². The number of hydrogen-bond acceptors (Lipinski definition) is 4. The SMILES string of the molecule is CC(=O)c1cccc(NCC(=O)Nc2ccccc2Oc2ccccc2)c1. The molecule has 0 radical (unpaired) electrons. The molecule has 0 fully saturated rings. The molecule has 136 valence electrons. The van der Waals surface area contributed by atoms with Crippen LogP contribution in [0.25, 0.3) is 0 Å². The lowest BCUT2D eigenvalue weighted by Crippen LogP contribution is -2.22. The van der Waals surface area contributed by atoms with E-state index in [1.165, 1.54) is 6.92 Å². The molecular formula is C22H20N2O3.